The van der Waals surface area contributed by atoms with E-state index in [2.05, 4.69) is 30.8 Å². The Labute approximate surface area is 118 Å². The molecule has 0 radical (unpaired) electrons. The molecule has 0 saturated heterocycles. The van der Waals surface area contributed by atoms with Crippen molar-refractivity contribution in [1.29, 1.82) is 0 Å². The quantitative estimate of drug-likeness (QED) is 0.521. The van der Waals surface area contributed by atoms with Gasteiger partial charge in [0.2, 0.25) is 0 Å². The molecule has 3 N–H and O–H groups in total. The summed E-state index contributed by atoms with van der Waals surface area (Å²) in [5.74, 6) is 0.777. The summed E-state index contributed by atoms with van der Waals surface area (Å²) in [5, 5.41) is 31.9. The van der Waals surface area contributed by atoms with Crippen molar-refractivity contribution in [3.63, 3.8) is 0 Å². The minimum atomic E-state index is 0.192. The van der Waals surface area contributed by atoms with Crippen molar-refractivity contribution in [3.8, 4) is 28.4 Å². The monoisotopic (exact) mass is 278 g/mol. The van der Waals surface area contributed by atoms with Crippen LogP contribution in [0.2, 0.25) is 0 Å². The van der Waals surface area contributed by atoms with Crippen LogP contribution in [0.15, 0.2) is 42.5 Å². The van der Waals surface area contributed by atoms with Gasteiger partial charge in [0.1, 0.15) is 11.4 Å². The molecule has 0 atom stereocenters. The van der Waals surface area contributed by atoms with Gasteiger partial charge < -0.3 is 5.11 Å². The molecule has 2 aromatic carbocycles. The molecule has 4 rings (SSSR count). The number of nitrogens with zero attached hydrogens (tertiary/aromatic N) is 4. The second-order valence-corrected chi connectivity index (χ2v) is 4.60. The summed E-state index contributed by atoms with van der Waals surface area (Å²) < 4.78 is 0. The lowest BCUT2D eigenvalue weighted by molar-refractivity contribution is 0.477. The minimum Gasteiger partial charge on any atom is -0.507 e. The largest absolute Gasteiger partial charge is 0.507 e. The number of aromatic nitrogens is 6. The van der Waals surface area contributed by atoms with E-state index in [1.165, 1.54) is 0 Å². The summed E-state index contributed by atoms with van der Waals surface area (Å²) in [5.41, 5.74) is 3.10. The van der Waals surface area contributed by atoms with Crippen LogP contribution in [0.5, 0.6) is 5.75 Å². The van der Waals surface area contributed by atoms with E-state index in [4.69, 9.17) is 0 Å². The first-order valence-corrected chi connectivity index (χ1v) is 6.33. The van der Waals surface area contributed by atoms with E-state index >= 15 is 0 Å². The van der Waals surface area contributed by atoms with E-state index in [0.717, 1.165) is 16.5 Å². The second kappa shape index (κ2) is 4.41. The molecule has 0 spiro atoms. The Morgan fingerprint density at radius 1 is 1.00 bits per heavy atom. The Balaban J connectivity index is 1.95. The smallest absolute Gasteiger partial charge is 0.179 e. The number of hydrogen-bond donors (Lipinski definition) is 3. The third kappa shape index (κ3) is 1.83. The van der Waals surface area contributed by atoms with Crippen molar-refractivity contribution in [3.05, 3.63) is 42.5 Å². The predicted octanol–water partition coefficient (Wildman–Crippen LogP) is 2.12. The number of rotatable bonds is 2. The topological polar surface area (TPSA) is 103 Å². The van der Waals surface area contributed by atoms with E-state index in [0.29, 0.717) is 17.1 Å². The summed E-state index contributed by atoms with van der Waals surface area (Å²) in [7, 11) is 0. The van der Waals surface area contributed by atoms with Crippen molar-refractivity contribution in [2.75, 3.05) is 0 Å². The summed E-state index contributed by atoms with van der Waals surface area (Å²) in [4.78, 5) is 0. The zero-order valence-corrected chi connectivity index (χ0v) is 10.8. The van der Waals surface area contributed by atoms with Gasteiger partial charge in [0.25, 0.3) is 0 Å². The first-order valence-electron chi connectivity index (χ1n) is 6.33. The first-order chi connectivity index (χ1) is 10.3. The number of phenolic OH excluding ortho intramolecular Hbond substituents is 1. The summed E-state index contributed by atoms with van der Waals surface area (Å²) in [6.07, 6.45) is 0. The van der Waals surface area contributed by atoms with Crippen molar-refractivity contribution in [1.82, 2.24) is 30.8 Å². The van der Waals surface area contributed by atoms with Gasteiger partial charge in [0, 0.05) is 16.5 Å². The number of fused-ring (bicyclic) bond motifs is 1. The van der Waals surface area contributed by atoms with E-state index in [-0.39, 0.29) is 5.75 Å². The number of aromatic amines is 2. The van der Waals surface area contributed by atoms with Crippen LogP contribution in [0.3, 0.4) is 0 Å². The number of phenols is 1. The van der Waals surface area contributed by atoms with Crippen LogP contribution in [-0.2, 0) is 0 Å². The zero-order valence-electron chi connectivity index (χ0n) is 10.8. The first kappa shape index (κ1) is 11.6. The molecule has 4 aromatic rings. The number of benzene rings is 2. The van der Waals surface area contributed by atoms with Crippen LogP contribution in [-0.4, -0.2) is 35.9 Å². The van der Waals surface area contributed by atoms with Gasteiger partial charge in [-0.05, 0) is 40.8 Å². The molecule has 0 fully saturated rings. The van der Waals surface area contributed by atoms with Crippen LogP contribution < -0.4 is 0 Å². The van der Waals surface area contributed by atoms with Gasteiger partial charge in [0.15, 0.2) is 5.82 Å². The molecule has 2 aromatic heterocycles. The van der Waals surface area contributed by atoms with Gasteiger partial charge >= 0.3 is 0 Å². The van der Waals surface area contributed by atoms with Crippen molar-refractivity contribution >= 4 is 10.9 Å². The lowest BCUT2D eigenvalue weighted by Gasteiger charge is -2.02. The van der Waals surface area contributed by atoms with Crippen LogP contribution in [0.4, 0.5) is 0 Å². The lowest BCUT2D eigenvalue weighted by Crippen LogP contribution is -1.83. The van der Waals surface area contributed by atoms with Gasteiger partial charge in [-0.1, -0.05) is 12.1 Å². The van der Waals surface area contributed by atoms with Crippen molar-refractivity contribution < 1.29 is 5.11 Å². The number of para-hydroxylation sites is 1. The Morgan fingerprint density at radius 2 is 1.90 bits per heavy atom. The normalized spacial score (nSPS) is 11.0. The maximum absolute atomic E-state index is 10.0. The van der Waals surface area contributed by atoms with E-state index in [9.17, 15) is 5.11 Å². The van der Waals surface area contributed by atoms with Crippen LogP contribution in [0.1, 0.15) is 0 Å². The fourth-order valence-electron chi connectivity index (χ4n) is 2.32. The average Bonchev–Trinajstić information content (AvgIpc) is 3.17. The minimum absolute atomic E-state index is 0.192. The molecule has 0 unspecified atom stereocenters. The van der Waals surface area contributed by atoms with Gasteiger partial charge in [-0.25, -0.2) is 5.10 Å². The molecule has 7 nitrogen and oxygen atoms in total. The molecule has 0 amide bonds. The summed E-state index contributed by atoms with van der Waals surface area (Å²) >= 11 is 0. The fourth-order valence-corrected chi connectivity index (χ4v) is 2.32. The molecule has 2 heterocycles. The Kier molecular flexibility index (Phi) is 2.43. The number of H-pyrrole nitrogens is 2. The predicted molar refractivity (Wildman–Crippen MR) is 76.4 cm³/mol. The van der Waals surface area contributed by atoms with Gasteiger partial charge in [-0.2, -0.15) is 5.10 Å². The number of hydrogen-bond acceptors (Lipinski definition) is 5. The lowest BCUT2D eigenvalue weighted by atomic mass is 10.0. The van der Waals surface area contributed by atoms with Crippen LogP contribution in [0, 0.1) is 0 Å². The molecule has 0 aliphatic heterocycles. The van der Waals surface area contributed by atoms with E-state index < -0.39 is 0 Å². The molecule has 102 valence electrons. The Bertz CT molecular complexity index is 912. The third-order valence-corrected chi connectivity index (χ3v) is 3.34. The molecule has 21 heavy (non-hydrogen) atoms. The highest BCUT2D eigenvalue weighted by Crippen LogP contribution is 2.33. The Hall–Kier alpha value is -3.22. The molecule has 0 aliphatic rings. The van der Waals surface area contributed by atoms with Gasteiger partial charge in [-0.3, -0.25) is 5.10 Å². The maximum Gasteiger partial charge on any atom is 0.179 e. The molecule has 7 heteroatoms. The van der Waals surface area contributed by atoms with Crippen LogP contribution >= 0.6 is 0 Å². The van der Waals surface area contributed by atoms with E-state index in [1.54, 1.807) is 12.1 Å². The summed E-state index contributed by atoms with van der Waals surface area (Å²) in [6, 6.07) is 12.8. The number of aromatic hydroxyl groups is 1. The second-order valence-electron chi connectivity index (χ2n) is 4.60. The molecular weight excluding hydrogens is 268 g/mol. The standard InChI is InChI=1S/C14H10N6O/c21-12-4-2-1-3-9(12)13-10-7-8(14-17-19-20-18-14)5-6-11(10)15-16-13/h1-7,21H,(H,15,16)(H,17,18,19,20). The number of tetrazole rings is 1. The highest BCUT2D eigenvalue weighted by atomic mass is 16.3. The van der Waals surface area contributed by atoms with E-state index in [1.807, 2.05) is 30.3 Å². The summed E-state index contributed by atoms with van der Waals surface area (Å²) in [6.45, 7) is 0. The van der Waals surface area contributed by atoms with Crippen molar-refractivity contribution in [2.24, 2.45) is 0 Å². The Morgan fingerprint density at radius 3 is 2.71 bits per heavy atom. The van der Waals surface area contributed by atoms with Gasteiger partial charge in [-0.15, -0.1) is 5.10 Å². The molecule has 0 bridgehead atoms. The molecule has 0 saturated carbocycles. The highest BCUT2D eigenvalue weighted by Gasteiger charge is 2.13. The third-order valence-electron chi connectivity index (χ3n) is 3.34. The molecule has 0 aliphatic carbocycles. The molecular formula is C14H10N6O. The van der Waals surface area contributed by atoms with Crippen molar-refractivity contribution in [2.45, 2.75) is 0 Å². The SMILES string of the molecule is Oc1ccccc1-c1n[nH]c2ccc(-c3nnn[nH]3)cc12. The highest BCUT2D eigenvalue weighted by molar-refractivity contribution is 5.96. The zero-order chi connectivity index (χ0) is 14.2. The maximum atomic E-state index is 10.0. The van der Waals surface area contributed by atoms with Crippen LogP contribution in [0.25, 0.3) is 33.5 Å². The fraction of sp³-hybridized carbons (Fsp3) is 0. The van der Waals surface area contributed by atoms with Gasteiger partial charge in [0.05, 0.1) is 5.52 Å². The number of nitrogens with one attached hydrogen (secondary N) is 2. The average molecular weight is 278 g/mol.